The molecular weight excluding hydrogens is 311 g/mol. The third-order valence-electron chi connectivity index (χ3n) is 3.36. The Kier molecular flexibility index (Phi) is 5.49. The standard InChI is InChI=1S/C14H19FN2O4S/c1-11-10-17(7-8-21-11)22(19,20)9-6-16-14(18)12-4-2-3-5-13(12)15/h2-5,11H,6-10H2,1H3,(H,16,18). The second kappa shape index (κ2) is 7.17. The lowest BCUT2D eigenvalue weighted by molar-refractivity contribution is 0.0102. The molecule has 0 radical (unpaired) electrons. The number of nitrogens with zero attached hydrogens (tertiary/aromatic N) is 1. The molecule has 6 nitrogen and oxygen atoms in total. The molecule has 1 aromatic rings. The summed E-state index contributed by atoms with van der Waals surface area (Å²) in [5, 5.41) is 2.43. The Bertz CT molecular complexity index is 635. The molecule has 0 aromatic heterocycles. The van der Waals surface area contributed by atoms with Gasteiger partial charge in [-0.25, -0.2) is 12.8 Å². The number of nitrogens with one attached hydrogen (secondary N) is 1. The Labute approximate surface area is 129 Å². The molecule has 1 heterocycles. The van der Waals surface area contributed by atoms with Gasteiger partial charge in [-0.05, 0) is 19.1 Å². The van der Waals surface area contributed by atoms with Crippen molar-refractivity contribution in [3.05, 3.63) is 35.6 Å². The monoisotopic (exact) mass is 330 g/mol. The van der Waals surface area contributed by atoms with Crippen LogP contribution in [-0.4, -0.2) is 56.7 Å². The summed E-state index contributed by atoms with van der Waals surface area (Å²) >= 11 is 0. The zero-order valence-electron chi connectivity index (χ0n) is 12.3. The quantitative estimate of drug-likeness (QED) is 0.858. The number of rotatable bonds is 5. The zero-order chi connectivity index (χ0) is 16.2. The molecule has 0 aliphatic carbocycles. The number of hydrogen-bond donors (Lipinski definition) is 1. The van der Waals surface area contributed by atoms with Gasteiger partial charge in [0.05, 0.1) is 24.0 Å². The molecule has 1 fully saturated rings. The first-order chi connectivity index (χ1) is 10.4. The number of amides is 1. The molecule has 1 aliphatic rings. The summed E-state index contributed by atoms with van der Waals surface area (Å²) in [5.74, 6) is -1.48. The maximum Gasteiger partial charge on any atom is 0.254 e. The van der Waals surface area contributed by atoms with Gasteiger partial charge in [0.2, 0.25) is 10.0 Å². The van der Waals surface area contributed by atoms with Gasteiger partial charge in [-0.1, -0.05) is 12.1 Å². The lowest BCUT2D eigenvalue weighted by Crippen LogP contribution is -2.46. The van der Waals surface area contributed by atoms with E-state index in [1.807, 2.05) is 6.92 Å². The highest BCUT2D eigenvalue weighted by atomic mass is 32.2. The van der Waals surface area contributed by atoms with Crippen LogP contribution in [-0.2, 0) is 14.8 Å². The average molecular weight is 330 g/mol. The molecule has 1 aromatic carbocycles. The highest BCUT2D eigenvalue weighted by Gasteiger charge is 2.27. The molecule has 8 heteroatoms. The molecule has 1 amide bonds. The Balaban J connectivity index is 1.87. The Hall–Kier alpha value is -1.51. The van der Waals surface area contributed by atoms with E-state index in [-0.39, 0.29) is 24.0 Å². The second-order valence-corrected chi connectivity index (χ2v) is 7.18. The van der Waals surface area contributed by atoms with E-state index < -0.39 is 21.7 Å². The minimum atomic E-state index is -3.46. The van der Waals surface area contributed by atoms with E-state index in [9.17, 15) is 17.6 Å². The highest BCUT2D eigenvalue weighted by molar-refractivity contribution is 7.89. The van der Waals surface area contributed by atoms with E-state index in [1.54, 1.807) is 6.07 Å². The van der Waals surface area contributed by atoms with E-state index in [1.165, 1.54) is 22.5 Å². The van der Waals surface area contributed by atoms with Crippen molar-refractivity contribution < 1.29 is 22.3 Å². The molecular formula is C14H19FN2O4S. The third kappa shape index (κ3) is 4.25. The first-order valence-electron chi connectivity index (χ1n) is 7.02. The van der Waals surface area contributed by atoms with Crippen LogP contribution in [0.15, 0.2) is 24.3 Å². The van der Waals surface area contributed by atoms with Crippen LogP contribution in [0.3, 0.4) is 0 Å². The Morgan fingerprint density at radius 2 is 2.18 bits per heavy atom. The van der Waals surface area contributed by atoms with Gasteiger partial charge in [0.15, 0.2) is 0 Å². The summed E-state index contributed by atoms with van der Waals surface area (Å²) < 4.78 is 44.4. The molecule has 0 bridgehead atoms. The molecule has 1 aliphatic heterocycles. The van der Waals surface area contributed by atoms with Crippen LogP contribution in [0.1, 0.15) is 17.3 Å². The normalized spacial score (nSPS) is 19.8. The highest BCUT2D eigenvalue weighted by Crippen LogP contribution is 2.10. The van der Waals surface area contributed by atoms with Crippen LogP contribution in [0.5, 0.6) is 0 Å². The first-order valence-corrected chi connectivity index (χ1v) is 8.63. The molecule has 0 saturated carbocycles. The largest absolute Gasteiger partial charge is 0.376 e. The second-order valence-electron chi connectivity index (χ2n) is 5.09. The van der Waals surface area contributed by atoms with Gasteiger partial charge in [0.1, 0.15) is 5.82 Å². The number of hydrogen-bond acceptors (Lipinski definition) is 4. The number of carbonyl (C=O) groups excluding carboxylic acids is 1. The summed E-state index contributed by atoms with van der Waals surface area (Å²) in [5.41, 5.74) is -0.0973. The first kappa shape index (κ1) is 16.9. The molecule has 2 rings (SSSR count). The summed E-state index contributed by atoms with van der Waals surface area (Å²) in [4.78, 5) is 11.8. The molecule has 1 N–H and O–H groups in total. The number of morpholine rings is 1. The predicted molar refractivity (Wildman–Crippen MR) is 79.5 cm³/mol. The van der Waals surface area contributed by atoms with Gasteiger partial charge < -0.3 is 10.1 Å². The van der Waals surface area contributed by atoms with Crippen molar-refractivity contribution in [3.8, 4) is 0 Å². The Morgan fingerprint density at radius 1 is 1.45 bits per heavy atom. The van der Waals surface area contributed by atoms with Gasteiger partial charge in [-0.3, -0.25) is 4.79 Å². The van der Waals surface area contributed by atoms with Gasteiger partial charge in [0, 0.05) is 19.6 Å². The summed E-state index contributed by atoms with van der Waals surface area (Å²) in [6, 6.07) is 5.56. The molecule has 1 saturated heterocycles. The minimum Gasteiger partial charge on any atom is -0.376 e. The Morgan fingerprint density at radius 3 is 2.86 bits per heavy atom. The van der Waals surface area contributed by atoms with Crippen LogP contribution in [0.25, 0.3) is 0 Å². The fraction of sp³-hybridized carbons (Fsp3) is 0.500. The van der Waals surface area contributed by atoms with Crippen LogP contribution in [0.2, 0.25) is 0 Å². The number of carbonyl (C=O) groups is 1. The van der Waals surface area contributed by atoms with E-state index in [2.05, 4.69) is 5.32 Å². The topological polar surface area (TPSA) is 75.7 Å². The van der Waals surface area contributed by atoms with Crippen LogP contribution < -0.4 is 5.32 Å². The van der Waals surface area contributed by atoms with Crippen LogP contribution >= 0.6 is 0 Å². The van der Waals surface area contributed by atoms with E-state index in [0.717, 1.165) is 0 Å². The van der Waals surface area contributed by atoms with Gasteiger partial charge in [0.25, 0.3) is 5.91 Å². The molecule has 0 spiro atoms. The van der Waals surface area contributed by atoms with E-state index >= 15 is 0 Å². The fourth-order valence-corrected chi connectivity index (χ4v) is 3.61. The zero-order valence-corrected chi connectivity index (χ0v) is 13.1. The molecule has 122 valence electrons. The van der Waals surface area contributed by atoms with Crippen molar-refractivity contribution in [1.82, 2.24) is 9.62 Å². The maximum absolute atomic E-state index is 13.4. The van der Waals surface area contributed by atoms with E-state index in [0.29, 0.717) is 19.7 Å². The van der Waals surface area contributed by atoms with E-state index in [4.69, 9.17) is 4.74 Å². The van der Waals surface area contributed by atoms with Crippen molar-refractivity contribution in [3.63, 3.8) is 0 Å². The summed E-state index contributed by atoms with van der Waals surface area (Å²) in [7, 11) is -3.46. The number of sulfonamides is 1. The van der Waals surface area contributed by atoms with Crippen molar-refractivity contribution >= 4 is 15.9 Å². The minimum absolute atomic E-state index is 0.0682. The maximum atomic E-state index is 13.4. The SMILES string of the molecule is CC1CN(S(=O)(=O)CCNC(=O)c2ccccc2F)CCO1. The molecule has 22 heavy (non-hydrogen) atoms. The lowest BCUT2D eigenvalue weighted by atomic mass is 10.2. The van der Waals surface area contributed by atoms with Crippen molar-refractivity contribution in [2.24, 2.45) is 0 Å². The third-order valence-corrected chi connectivity index (χ3v) is 5.20. The predicted octanol–water partition coefficient (Wildman–Crippen LogP) is 0.606. The number of halogens is 1. The van der Waals surface area contributed by atoms with Crippen molar-refractivity contribution in [2.45, 2.75) is 13.0 Å². The number of benzene rings is 1. The van der Waals surface area contributed by atoms with Crippen LogP contribution in [0, 0.1) is 5.82 Å². The summed E-state index contributed by atoms with van der Waals surface area (Å²) in [6.45, 7) is 2.72. The van der Waals surface area contributed by atoms with Crippen molar-refractivity contribution in [1.29, 1.82) is 0 Å². The lowest BCUT2D eigenvalue weighted by Gasteiger charge is -2.30. The molecule has 1 unspecified atom stereocenters. The van der Waals surface area contributed by atoms with Gasteiger partial charge in [-0.2, -0.15) is 4.31 Å². The van der Waals surface area contributed by atoms with Crippen molar-refractivity contribution in [2.75, 3.05) is 32.0 Å². The van der Waals surface area contributed by atoms with Crippen LogP contribution in [0.4, 0.5) is 4.39 Å². The average Bonchev–Trinajstić information content (AvgIpc) is 2.47. The summed E-state index contributed by atoms with van der Waals surface area (Å²) in [6.07, 6.45) is -0.142. The smallest absolute Gasteiger partial charge is 0.254 e. The van der Waals surface area contributed by atoms with Gasteiger partial charge in [-0.15, -0.1) is 0 Å². The molecule has 1 atom stereocenters. The van der Waals surface area contributed by atoms with Gasteiger partial charge >= 0.3 is 0 Å². The number of ether oxygens (including phenoxy) is 1. The fourth-order valence-electron chi connectivity index (χ4n) is 2.20.